The molecule has 0 amide bonds. The zero-order valence-corrected chi connectivity index (χ0v) is 11.8. The van der Waals surface area contributed by atoms with Crippen LogP contribution in [0.5, 0.6) is 0 Å². The van der Waals surface area contributed by atoms with Gasteiger partial charge < -0.3 is 9.84 Å². The van der Waals surface area contributed by atoms with E-state index in [9.17, 15) is 9.18 Å². The van der Waals surface area contributed by atoms with Crippen molar-refractivity contribution in [3.8, 4) is 0 Å². The minimum atomic E-state index is -0.569. The van der Waals surface area contributed by atoms with Gasteiger partial charge in [0, 0.05) is 12.5 Å². The number of aliphatic hydroxyl groups excluding tert-OH is 1. The molecule has 0 heterocycles. The fourth-order valence-corrected chi connectivity index (χ4v) is 1.96. The SMILES string of the molecule is CC(CO)c1ccc(C(=O)OCc2ccccc2)cc1F. The predicted octanol–water partition coefficient (Wildman–Crippen LogP) is 3.28. The predicted molar refractivity (Wildman–Crippen MR) is 77.5 cm³/mol. The van der Waals surface area contributed by atoms with Crippen molar-refractivity contribution < 1.29 is 19.0 Å². The van der Waals surface area contributed by atoms with Crippen molar-refractivity contribution in [2.24, 2.45) is 0 Å². The zero-order valence-electron chi connectivity index (χ0n) is 11.8. The van der Waals surface area contributed by atoms with Gasteiger partial charge in [-0.15, -0.1) is 0 Å². The average molecular weight is 288 g/mol. The minimum absolute atomic E-state index is 0.144. The van der Waals surface area contributed by atoms with E-state index in [1.54, 1.807) is 6.92 Å². The fraction of sp³-hybridized carbons (Fsp3) is 0.235. The second-order valence-electron chi connectivity index (χ2n) is 4.88. The van der Waals surface area contributed by atoms with Crippen LogP contribution in [0.25, 0.3) is 0 Å². The van der Waals surface area contributed by atoms with E-state index in [0.29, 0.717) is 5.56 Å². The van der Waals surface area contributed by atoms with Gasteiger partial charge in [0.25, 0.3) is 0 Å². The highest BCUT2D eigenvalue weighted by atomic mass is 19.1. The van der Waals surface area contributed by atoms with Crippen molar-refractivity contribution in [3.05, 3.63) is 71.0 Å². The summed E-state index contributed by atoms with van der Waals surface area (Å²) in [4.78, 5) is 11.9. The van der Waals surface area contributed by atoms with Crippen molar-refractivity contribution in [2.45, 2.75) is 19.4 Å². The lowest BCUT2D eigenvalue weighted by Crippen LogP contribution is -2.08. The molecule has 0 aliphatic rings. The largest absolute Gasteiger partial charge is 0.457 e. The monoisotopic (exact) mass is 288 g/mol. The number of rotatable bonds is 5. The molecule has 0 saturated carbocycles. The van der Waals surface area contributed by atoms with E-state index >= 15 is 0 Å². The molecule has 1 atom stereocenters. The molecule has 0 fully saturated rings. The maximum Gasteiger partial charge on any atom is 0.338 e. The van der Waals surface area contributed by atoms with Crippen LogP contribution in [-0.2, 0) is 11.3 Å². The lowest BCUT2D eigenvalue weighted by atomic mass is 10.00. The van der Waals surface area contributed by atoms with Gasteiger partial charge >= 0.3 is 5.97 Å². The Morgan fingerprint density at radius 1 is 1.24 bits per heavy atom. The fourth-order valence-electron chi connectivity index (χ4n) is 1.96. The molecule has 110 valence electrons. The van der Waals surface area contributed by atoms with Gasteiger partial charge in [0.15, 0.2) is 0 Å². The molecule has 0 spiro atoms. The summed E-state index contributed by atoms with van der Waals surface area (Å²) in [7, 11) is 0. The molecule has 0 aliphatic carbocycles. The molecule has 0 aromatic heterocycles. The molecule has 1 unspecified atom stereocenters. The minimum Gasteiger partial charge on any atom is -0.457 e. The summed E-state index contributed by atoms with van der Waals surface area (Å²) < 4.78 is 19.0. The highest BCUT2D eigenvalue weighted by molar-refractivity contribution is 5.89. The van der Waals surface area contributed by atoms with Crippen molar-refractivity contribution in [2.75, 3.05) is 6.61 Å². The molecule has 0 aliphatic heterocycles. The number of halogens is 1. The van der Waals surface area contributed by atoms with Crippen molar-refractivity contribution in [1.29, 1.82) is 0 Å². The summed E-state index contributed by atoms with van der Waals surface area (Å²) in [6.07, 6.45) is 0. The highest BCUT2D eigenvalue weighted by Gasteiger charge is 2.14. The molecule has 2 rings (SSSR count). The number of hydrogen-bond donors (Lipinski definition) is 1. The van der Waals surface area contributed by atoms with Crippen molar-refractivity contribution in [1.82, 2.24) is 0 Å². The van der Waals surface area contributed by atoms with E-state index in [4.69, 9.17) is 9.84 Å². The third-order valence-corrected chi connectivity index (χ3v) is 3.25. The standard InChI is InChI=1S/C17H17FO3/c1-12(10-19)15-8-7-14(9-16(15)18)17(20)21-11-13-5-3-2-4-6-13/h2-9,12,19H,10-11H2,1H3. The number of benzene rings is 2. The van der Waals surface area contributed by atoms with Crippen LogP contribution in [0.4, 0.5) is 4.39 Å². The topological polar surface area (TPSA) is 46.5 Å². The van der Waals surface area contributed by atoms with E-state index in [0.717, 1.165) is 11.6 Å². The molecule has 1 N–H and O–H groups in total. The average Bonchev–Trinajstić information content (AvgIpc) is 2.52. The summed E-state index contributed by atoms with van der Waals surface area (Å²) in [6, 6.07) is 13.4. The Kier molecular flexibility index (Phi) is 5.06. The quantitative estimate of drug-likeness (QED) is 0.859. The third-order valence-electron chi connectivity index (χ3n) is 3.25. The Labute approximate surface area is 123 Å². The molecule has 21 heavy (non-hydrogen) atoms. The van der Waals surface area contributed by atoms with Crippen molar-refractivity contribution >= 4 is 5.97 Å². The Morgan fingerprint density at radius 3 is 2.57 bits per heavy atom. The Hall–Kier alpha value is -2.20. The Bertz CT molecular complexity index is 611. The molecular formula is C17H17FO3. The Balaban J connectivity index is 2.04. The second kappa shape index (κ2) is 6.99. The Morgan fingerprint density at radius 2 is 1.95 bits per heavy atom. The first-order valence-corrected chi connectivity index (χ1v) is 6.73. The second-order valence-corrected chi connectivity index (χ2v) is 4.88. The molecule has 0 saturated heterocycles. The zero-order chi connectivity index (χ0) is 15.2. The van der Waals surface area contributed by atoms with Gasteiger partial charge in [0.2, 0.25) is 0 Å². The maximum absolute atomic E-state index is 13.9. The lowest BCUT2D eigenvalue weighted by Gasteiger charge is -2.11. The molecule has 3 nitrogen and oxygen atoms in total. The van der Waals surface area contributed by atoms with Crippen LogP contribution in [0.2, 0.25) is 0 Å². The number of hydrogen-bond acceptors (Lipinski definition) is 3. The summed E-state index contributed by atoms with van der Waals surface area (Å²) in [5.41, 5.74) is 1.42. The van der Waals surface area contributed by atoms with Crippen LogP contribution >= 0.6 is 0 Å². The van der Waals surface area contributed by atoms with E-state index in [2.05, 4.69) is 0 Å². The molecule has 0 bridgehead atoms. The summed E-state index contributed by atoms with van der Waals surface area (Å²) in [5.74, 6) is -1.38. The normalized spacial score (nSPS) is 12.0. The van der Waals surface area contributed by atoms with Crippen molar-refractivity contribution in [3.63, 3.8) is 0 Å². The number of carbonyl (C=O) groups excluding carboxylic acids is 1. The molecule has 2 aromatic rings. The van der Waals surface area contributed by atoms with Crippen LogP contribution in [0.1, 0.15) is 34.3 Å². The highest BCUT2D eigenvalue weighted by Crippen LogP contribution is 2.20. The maximum atomic E-state index is 13.9. The van der Waals surface area contributed by atoms with Crippen LogP contribution in [-0.4, -0.2) is 17.7 Å². The molecular weight excluding hydrogens is 271 g/mol. The summed E-state index contributed by atoms with van der Waals surface area (Å²) in [6.45, 7) is 1.72. The lowest BCUT2D eigenvalue weighted by molar-refractivity contribution is 0.0472. The first kappa shape index (κ1) is 15.2. The van der Waals surface area contributed by atoms with Gasteiger partial charge in [-0.25, -0.2) is 9.18 Å². The third kappa shape index (κ3) is 3.89. The van der Waals surface area contributed by atoms with E-state index in [1.807, 2.05) is 30.3 Å². The molecule has 4 heteroatoms. The van der Waals surface area contributed by atoms with Gasteiger partial charge in [-0.1, -0.05) is 43.3 Å². The van der Waals surface area contributed by atoms with Crippen LogP contribution in [0.15, 0.2) is 48.5 Å². The number of carbonyl (C=O) groups is 1. The van der Waals surface area contributed by atoms with E-state index < -0.39 is 11.8 Å². The number of aliphatic hydroxyl groups is 1. The van der Waals surface area contributed by atoms with Crippen LogP contribution in [0.3, 0.4) is 0 Å². The van der Waals surface area contributed by atoms with Gasteiger partial charge in [-0.2, -0.15) is 0 Å². The summed E-state index contributed by atoms with van der Waals surface area (Å²) in [5, 5.41) is 9.04. The van der Waals surface area contributed by atoms with E-state index in [1.165, 1.54) is 12.1 Å². The van der Waals surface area contributed by atoms with Gasteiger partial charge in [-0.3, -0.25) is 0 Å². The van der Waals surface area contributed by atoms with Gasteiger partial charge in [0.1, 0.15) is 12.4 Å². The number of ether oxygens (including phenoxy) is 1. The van der Waals surface area contributed by atoms with Gasteiger partial charge in [0.05, 0.1) is 5.56 Å². The van der Waals surface area contributed by atoms with Crippen LogP contribution in [0, 0.1) is 5.82 Å². The smallest absolute Gasteiger partial charge is 0.338 e. The molecule has 0 radical (unpaired) electrons. The van der Waals surface area contributed by atoms with Gasteiger partial charge in [-0.05, 0) is 23.3 Å². The van der Waals surface area contributed by atoms with Crippen LogP contribution < -0.4 is 0 Å². The molecule has 2 aromatic carbocycles. The first-order chi connectivity index (χ1) is 10.1. The summed E-state index contributed by atoms with van der Waals surface area (Å²) >= 11 is 0. The number of esters is 1. The first-order valence-electron chi connectivity index (χ1n) is 6.73. The van der Waals surface area contributed by atoms with E-state index in [-0.39, 0.29) is 24.7 Å².